The van der Waals surface area contributed by atoms with Gasteiger partial charge in [0.25, 0.3) is 5.56 Å². The molecule has 29 heavy (non-hydrogen) atoms. The van der Waals surface area contributed by atoms with E-state index in [2.05, 4.69) is 4.98 Å². The van der Waals surface area contributed by atoms with Gasteiger partial charge in [0.05, 0.1) is 26.2 Å². The second kappa shape index (κ2) is 7.38. The Labute approximate surface area is 165 Å². The minimum atomic E-state index is -0.743. The molecule has 8 nitrogen and oxygen atoms in total. The number of aromatic hydroxyl groups is 1. The Morgan fingerprint density at radius 1 is 1.14 bits per heavy atom. The number of benzene rings is 2. The predicted molar refractivity (Wildman–Crippen MR) is 104 cm³/mol. The van der Waals surface area contributed by atoms with E-state index in [0.29, 0.717) is 33.9 Å². The second-order valence-electron chi connectivity index (χ2n) is 6.60. The summed E-state index contributed by atoms with van der Waals surface area (Å²) in [5.74, 6) is 0.100. The number of fused-ring (bicyclic) bond motifs is 2. The number of aromatic amines is 1. The molecule has 8 heteroatoms. The Morgan fingerprint density at radius 2 is 1.90 bits per heavy atom. The number of aromatic nitrogens is 1. The van der Waals surface area contributed by atoms with Crippen LogP contribution in [0.25, 0.3) is 10.9 Å². The van der Waals surface area contributed by atoms with Gasteiger partial charge in [0.1, 0.15) is 11.5 Å². The summed E-state index contributed by atoms with van der Waals surface area (Å²) in [5.41, 5.74) is 0.918. The molecule has 2 heterocycles. The maximum atomic E-state index is 12.9. The van der Waals surface area contributed by atoms with Gasteiger partial charge in [0.15, 0.2) is 11.5 Å². The molecule has 0 fully saturated rings. The van der Waals surface area contributed by atoms with Gasteiger partial charge in [-0.3, -0.25) is 9.59 Å². The number of rotatable bonds is 5. The lowest BCUT2D eigenvalue weighted by Crippen LogP contribution is -2.20. The van der Waals surface area contributed by atoms with E-state index in [0.717, 1.165) is 5.39 Å². The summed E-state index contributed by atoms with van der Waals surface area (Å²) < 4.78 is 20.7. The summed E-state index contributed by atoms with van der Waals surface area (Å²) in [5, 5.41) is 11.3. The number of carbonyl (C=O) groups excluding carboxylic acids is 1. The average Bonchev–Trinajstić information content (AvgIpc) is 3.17. The minimum absolute atomic E-state index is 0.0400. The third-order valence-corrected chi connectivity index (χ3v) is 4.95. The number of H-pyrrole nitrogens is 1. The molecule has 0 bridgehead atoms. The van der Waals surface area contributed by atoms with Gasteiger partial charge in [-0.05, 0) is 29.7 Å². The highest BCUT2D eigenvalue weighted by atomic mass is 16.7. The first-order chi connectivity index (χ1) is 14.0. The number of phenols is 1. The smallest absolute Gasteiger partial charge is 0.306 e. The van der Waals surface area contributed by atoms with Crippen molar-refractivity contribution in [2.24, 2.45) is 0 Å². The zero-order chi connectivity index (χ0) is 20.5. The standard InChI is InChI=1S/C21H19NO7/c1-26-12-4-3-11-5-15(21(25)22-16(11)6-12)13(8-20(24)27-2)14-7-18-19(9-17(14)23)29-10-28-18/h3-7,9,13,23H,8,10H2,1-2H3,(H,22,25). The lowest BCUT2D eigenvalue weighted by atomic mass is 9.87. The molecule has 0 amide bonds. The zero-order valence-corrected chi connectivity index (χ0v) is 15.9. The van der Waals surface area contributed by atoms with Crippen LogP contribution in [0.2, 0.25) is 0 Å². The van der Waals surface area contributed by atoms with Crippen molar-refractivity contribution >= 4 is 16.9 Å². The molecule has 1 aromatic heterocycles. The highest BCUT2D eigenvalue weighted by molar-refractivity contribution is 5.81. The zero-order valence-electron chi connectivity index (χ0n) is 15.9. The van der Waals surface area contributed by atoms with Crippen LogP contribution in [0.4, 0.5) is 0 Å². The molecule has 0 saturated carbocycles. The van der Waals surface area contributed by atoms with E-state index in [9.17, 15) is 14.7 Å². The van der Waals surface area contributed by atoms with Crippen molar-refractivity contribution in [2.75, 3.05) is 21.0 Å². The normalized spacial score (nSPS) is 13.3. The number of carbonyl (C=O) groups is 1. The van der Waals surface area contributed by atoms with Crippen molar-refractivity contribution in [2.45, 2.75) is 12.3 Å². The molecular formula is C21H19NO7. The van der Waals surface area contributed by atoms with Gasteiger partial charge in [-0.15, -0.1) is 0 Å². The third-order valence-electron chi connectivity index (χ3n) is 4.95. The van der Waals surface area contributed by atoms with Crippen molar-refractivity contribution in [1.29, 1.82) is 0 Å². The quantitative estimate of drug-likeness (QED) is 0.638. The van der Waals surface area contributed by atoms with Crippen LogP contribution in [0.3, 0.4) is 0 Å². The summed E-state index contributed by atoms with van der Waals surface area (Å²) in [6, 6.07) is 10.0. The van der Waals surface area contributed by atoms with Crippen molar-refractivity contribution in [3.63, 3.8) is 0 Å². The molecule has 0 saturated heterocycles. The number of nitrogens with one attached hydrogen (secondary N) is 1. The van der Waals surface area contributed by atoms with E-state index in [-0.39, 0.29) is 24.5 Å². The van der Waals surface area contributed by atoms with Gasteiger partial charge in [-0.1, -0.05) is 0 Å². The van der Waals surface area contributed by atoms with E-state index in [1.54, 1.807) is 31.4 Å². The fourth-order valence-electron chi connectivity index (χ4n) is 3.45. The summed E-state index contributed by atoms with van der Waals surface area (Å²) in [7, 11) is 2.82. The first-order valence-electron chi connectivity index (χ1n) is 8.90. The largest absolute Gasteiger partial charge is 0.508 e. The Morgan fingerprint density at radius 3 is 2.62 bits per heavy atom. The summed E-state index contributed by atoms with van der Waals surface area (Å²) >= 11 is 0. The molecule has 1 aliphatic rings. The molecule has 2 aromatic carbocycles. The summed E-state index contributed by atoms with van der Waals surface area (Å²) in [6.45, 7) is 0.0400. The van der Waals surface area contributed by atoms with Crippen LogP contribution in [-0.4, -0.2) is 37.1 Å². The van der Waals surface area contributed by atoms with E-state index in [4.69, 9.17) is 18.9 Å². The molecule has 4 rings (SSSR count). The second-order valence-corrected chi connectivity index (χ2v) is 6.60. The average molecular weight is 397 g/mol. The third kappa shape index (κ3) is 3.44. The van der Waals surface area contributed by atoms with Crippen LogP contribution in [0.15, 0.2) is 41.2 Å². The maximum Gasteiger partial charge on any atom is 0.306 e. The van der Waals surface area contributed by atoms with E-state index >= 15 is 0 Å². The molecule has 1 aliphatic heterocycles. The fourth-order valence-corrected chi connectivity index (χ4v) is 3.45. The predicted octanol–water partition coefficient (Wildman–Crippen LogP) is 2.67. The Balaban J connectivity index is 1.87. The Kier molecular flexibility index (Phi) is 4.75. The highest BCUT2D eigenvalue weighted by Crippen LogP contribution is 2.42. The SMILES string of the molecule is COC(=O)CC(c1cc2c(cc1O)OCO2)c1cc2ccc(OC)cc2[nH]c1=O. The minimum Gasteiger partial charge on any atom is -0.508 e. The van der Waals surface area contributed by atoms with E-state index < -0.39 is 11.9 Å². The van der Waals surface area contributed by atoms with Crippen LogP contribution in [0.5, 0.6) is 23.0 Å². The molecule has 2 N–H and O–H groups in total. The van der Waals surface area contributed by atoms with Gasteiger partial charge < -0.3 is 29.0 Å². The van der Waals surface area contributed by atoms with Crippen molar-refractivity contribution in [1.82, 2.24) is 4.98 Å². The Hall–Kier alpha value is -3.68. The summed E-state index contributed by atoms with van der Waals surface area (Å²) in [4.78, 5) is 27.8. The number of pyridine rings is 1. The molecule has 3 aromatic rings. The van der Waals surface area contributed by atoms with Crippen molar-refractivity contribution < 1.29 is 28.8 Å². The highest BCUT2D eigenvalue weighted by Gasteiger charge is 2.28. The monoisotopic (exact) mass is 397 g/mol. The van der Waals surface area contributed by atoms with Gasteiger partial charge in [0.2, 0.25) is 6.79 Å². The number of phenolic OH excluding ortho intramolecular Hbond substituents is 1. The van der Waals surface area contributed by atoms with Crippen LogP contribution in [0.1, 0.15) is 23.5 Å². The number of esters is 1. The summed E-state index contributed by atoms with van der Waals surface area (Å²) in [6.07, 6.45) is -0.131. The fraction of sp³-hybridized carbons (Fsp3) is 0.238. The maximum absolute atomic E-state index is 12.9. The molecule has 0 radical (unpaired) electrons. The van der Waals surface area contributed by atoms with E-state index in [1.165, 1.54) is 13.2 Å². The van der Waals surface area contributed by atoms with Crippen LogP contribution in [-0.2, 0) is 9.53 Å². The number of hydrogen-bond acceptors (Lipinski definition) is 7. The topological polar surface area (TPSA) is 107 Å². The first kappa shape index (κ1) is 18.7. The number of ether oxygens (including phenoxy) is 4. The molecule has 1 unspecified atom stereocenters. The van der Waals surface area contributed by atoms with Gasteiger partial charge >= 0.3 is 5.97 Å². The van der Waals surface area contributed by atoms with Crippen molar-refractivity contribution in [3.8, 4) is 23.0 Å². The lowest BCUT2D eigenvalue weighted by molar-refractivity contribution is -0.140. The molecular weight excluding hydrogens is 378 g/mol. The number of hydrogen-bond donors (Lipinski definition) is 2. The lowest BCUT2D eigenvalue weighted by Gasteiger charge is -2.18. The first-order valence-corrected chi connectivity index (χ1v) is 8.90. The van der Waals surface area contributed by atoms with Crippen LogP contribution < -0.4 is 19.8 Å². The van der Waals surface area contributed by atoms with Crippen molar-refractivity contribution in [3.05, 3.63) is 57.9 Å². The molecule has 1 atom stereocenters. The van der Waals surface area contributed by atoms with Gasteiger partial charge in [-0.2, -0.15) is 0 Å². The molecule has 0 aliphatic carbocycles. The van der Waals surface area contributed by atoms with Gasteiger partial charge in [-0.25, -0.2) is 0 Å². The van der Waals surface area contributed by atoms with E-state index in [1.807, 2.05) is 6.07 Å². The molecule has 150 valence electrons. The van der Waals surface area contributed by atoms with Gasteiger partial charge in [0, 0.05) is 29.2 Å². The van der Waals surface area contributed by atoms with Crippen LogP contribution in [0, 0.1) is 0 Å². The molecule has 0 spiro atoms. The van der Waals surface area contributed by atoms with Crippen LogP contribution >= 0.6 is 0 Å². The number of methoxy groups -OCH3 is 2. The Bertz CT molecular complexity index is 1150.